The van der Waals surface area contributed by atoms with E-state index >= 15 is 0 Å². The maximum absolute atomic E-state index is 12.7. The van der Waals surface area contributed by atoms with Gasteiger partial charge in [-0.25, -0.2) is 4.79 Å². The van der Waals surface area contributed by atoms with Gasteiger partial charge in [-0.2, -0.15) is 0 Å². The summed E-state index contributed by atoms with van der Waals surface area (Å²) in [4.78, 5) is 29.9. The first-order valence-corrected chi connectivity index (χ1v) is 10.1. The van der Waals surface area contributed by atoms with E-state index in [0.717, 1.165) is 9.79 Å². The number of rotatable bonds is 9. The summed E-state index contributed by atoms with van der Waals surface area (Å²) in [6.07, 6.45) is 0. The number of carbonyl (C=O) groups excluding carboxylic acids is 2. The van der Waals surface area contributed by atoms with Crippen LogP contribution < -0.4 is 9.47 Å². The summed E-state index contributed by atoms with van der Waals surface area (Å²) in [5, 5.41) is 12.6. The highest BCUT2D eigenvalue weighted by Crippen LogP contribution is 2.33. The van der Waals surface area contributed by atoms with Gasteiger partial charge in [0.15, 0.2) is 5.05 Å². The van der Waals surface area contributed by atoms with Crippen LogP contribution in [-0.2, 0) is 9.63 Å². The number of benzene rings is 2. The van der Waals surface area contributed by atoms with E-state index < -0.39 is 11.8 Å². The van der Waals surface area contributed by atoms with Gasteiger partial charge in [0, 0.05) is 23.6 Å². The Kier molecular flexibility index (Phi) is 8.97. The molecule has 0 heterocycles. The van der Waals surface area contributed by atoms with Crippen LogP contribution in [0.15, 0.2) is 57.4 Å². The summed E-state index contributed by atoms with van der Waals surface area (Å²) in [5.41, 5.74) is 0.264. The quantitative estimate of drug-likeness (QED) is 0.202. The van der Waals surface area contributed by atoms with E-state index in [4.69, 9.17) is 26.8 Å². The van der Waals surface area contributed by atoms with Crippen molar-refractivity contribution >= 4 is 46.5 Å². The van der Waals surface area contributed by atoms with Gasteiger partial charge in [-0.1, -0.05) is 16.9 Å². The molecule has 0 spiro atoms. The first kappa shape index (κ1) is 23.5. The number of hydrogen-bond donors (Lipinski definition) is 1. The minimum atomic E-state index is -0.618. The highest BCUT2D eigenvalue weighted by atomic mass is 32.2. The molecule has 0 aromatic heterocycles. The molecule has 2 aromatic rings. The molecule has 7 nitrogen and oxygen atoms in total. The van der Waals surface area contributed by atoms with Crippen molar-refractivity contribution in [3.63, 3.8) is 0 Å². The molecule has 0 aliphatic carbocycles. The second-order valence-corrected chi connectivity index (χ2v) is 7.71. The third kappa shape index (κ3) is 7.25. The van der Waals surface area contributed by atoms with Crippen molar-refractivity contribution in [1.29, 1.82) is 0 Å². The van der Waals surface area contributed by atoms with Gasteiger partial charge in [0.05, 0.1) is 12.2 Å². The molecule has 0 aliphatic rings. The van der Waals surface area contributed by atoms with Crippen LogP contribution in [0.3, 0.4) is 0 Å². The standard InChI is InChI=1S/C21H21NO6S2/c1-13(22-28-14(2)24)21(25)19-9-8-18(12-20(19)27-15(3)29)30-17-6-4-16(5-7-17)26-11-10-23/h4-9,12,23H,10-11H2,1-3H3/b22-13+. The maximum atomic E-state index is 12.7. The van der Waals surface area contributed by atoms with Gasteiger partial charge >= 0.3 is 5.97 Å². The monoisotopic (exact) mass is 447 g/mol. The summed E-state index contributed by atoms with van der Waals surface area (Å²) >= 11 is 6.49. The number of thiocarbonyl (C=S) groups is 1. The van der Waals surface area contributed by atoms with Crippen LogP contribution in [-0.4, -0.2) is 40.8 Å². The Hall–Kier alpha value is -2.75. The largest absolute Gasteiger partial charge is 0.491 e. The number of hydrogen-bond acceptors (Lipinski definition) is 9. The Bertz CT molecular complexity index is 956. The number of carbonyl (C=O) groups is 2. The van der Waals surface area contributed by atoms with Crippen LogP contribution in [0.4, 0.5) is 0 Å². The molecule has 0 aliphatic heterocycles. The van der Waals surface area contributed by atoms with Crippen LogP contribution in [0.1, 0.15) is 31.1 Å². The van der Waals surface area contributed by atoms with Crippen molar-refractivity contribution in [1.82, 2.24) is 0 Å². The molecule has 2 aromatic carbocycles. The van der Waals surface area contributed by atoms with E-state index in [-0.39, 0.29) is 35.3 Å². The number of Topliss-reactive ketones (excluding diaryl/α,β-unsaturated/α-hetero) is 1. The lowest BCUT2D eigenvalue weighted by Crippen LogP contribution is -2.14. The Morgan fingerprint density at radius 2 is 1.73 bits per heavy atom. The van der Waals surface area contributed by atoms with Crippen LogP contribution >= 0.6 is 24.0 Å². The number of aliphatic hydroxyl groups excluding tert-OH is 1. The molecular formula is C21H21NO6S2. The smallest absolute Gasteiger partial charge is 0.331 e. The summed E-state index contributed by atoms with van der Waals surface area (Å²) in [7, 11) is 0. The zero-order chi connectivity index (χ0) is 22.1. The molecule has 0 saturated carbocycles. The number of aliphatic hydroxyl groups is 1. The zero-order valence-corrected chi connectivity index (χ0v) is 18.3. The van der Waals surface area contributed by atoms with E-state index in [1.54, 1.807) is 25.1 Å². The third-order valence-corrected chi connectivity index (χ3v) is 4.59. The average Bonchev–Trinajstić information content (AvgIpc) is 2.70. The van der Waals surface area contributed by atoms with Crippen molar-refractivity contribution in [2.75, 3.05) is 13.2 Å². The van der Waals surface area contributed by atoms with E-state index in [9.17, 15) is 9.59 Å². The summed E-state index contributed by atoms with van der Waals surface area (Å²) in [6, 6.07) is 12.5. The van der Waals surface area contributed by atoms with Crippen LogP contribution in [0, 0.1) is 0 Å². The van der Waals surface area contributed by atoms with Gasteiger partial charge in [-0.05, 0) is 61.6 Å². The lowest BCUT2D eigenvalue weighted by Gasteiger charge is -2.11. The van der Waals surface area contributed by atoms with Crippen molar-refractivity contribution in [2.24, 2.45) is 5.16 Å². The molecule has 0 fully saturated rings. The topological polar surface area (TPSA) is 94.4 Å². The number of nitrogens with zero attached hydrogens (tertiary/aromatic N) is 1. The molecule has 2 rings (SSSR count). The first-order chi connectivity index (χ1) is 14.3. The average molecular weight is 448 g/mol. The van der Waals surface area contributed by atoms with Crippen molar-refractivity contribution < 1.29 is 29.0 Å². The second-order valence-electron chi connectivity index (χ2n) is 5.99. The molecule has 0 radical (unpaired) electrons. The van der Waals surface area contributed by atoms with Gasteiger partial charge < -0.3 is 19.4 Å². The molecular weight excluding hydrogens is 426 g/mol. The van der Waals surface area contributed by atoms with E-state index in [0.29, 0.717) is 5.75 Å². The molecule has 9 heteroatoms. The van der Waals surface area contributed by atoms with Crippen molar-refractivity contribution in [3.05, 3.63) is 48.0 Å². The summed E-state index contributed by atoms with van der Waals surface area (Å²) in [5.74, 6) is -0.104. The molecule has 0 amide bonds. The molecule has 0 bridgehead atoms. The van der Waals surface area contributed by atoms with E-state index in [2.05, 4.69) is 9.99 Å². The fourth-order valence-corrected chi connectivity index (χ4v) is 3.20. The molecule has 30 heavy (non-hydrogen) atoms. The zero-order valence-electron chi connectivity index (χ0n) is 16.7. The van der Waals surface area contributed by atoms with E-state index in [1.807, 2.05) is 24.3 Å². The Labute approximate surface area is 184 Å². The first-order valence-electron chi connectivity index (χ1n) is 8.91. The Morgan fingerprint density at radius 1 is 1.07 bits per heavy atom. The highest BCUT2D eigenvalue weighted by Gasteiger charge is 2.18. The number of oxime groups is 1. The third-order valence-electron chi connectivity index (χ3n) is 3.51. The summed E-state index contributed by atoms with van der Waals surface area (Å²) < 4.78 is 10.9. The predicted molar refractivity (Wildman–Crippen MR) is 118 cm³/mol. The number of ether oxygens (including phenoxy) is 2. The summed E-state index contributed by atoms with van der Waals surface area (Å²) in [6.45, 7) is 4.44. The lowest BCUT2D eigenvalue weighted by atomic mass is 10.1. The fourth-order valence-electron chi connectivity index (χ4n) is 2.27. The number of ketones is 1. The van der Waals surface area contributed by atoms with E-state index in [1.165, 1.54) is 25.6 Å². The lowest BCUT2D eigenvalue weighted by molar-refractivity contribution is -0.140. The SMILES string of the molecule is CC(=O)O/N=C(\C)C(=O)c1ccc(Sc2ccc(OCCO)cc2)cc1OC(C)=S. The van der Waals surface area contributed by atoms with Crippen LogP contribution in [0.2, 0.25) is 0 Å². The van der Waals surface area contributed by atoms with Gasteiger partial charge in [0.25, 0.3) is 0 Å². The minimum absolute atomic E-state index is 0.0101. The van der Waals surface area contributed by atoms with Gasteiger partial charge in [-0.3, -0.25) is 4.79 Å². The predicted octanol–water partition coefficient (Wildman–Crippen LogP) is 4.06. The molecule has 1 N–H and O–H groups in total. The minimum Gasteiger partial charge on any atom is -0.491 e. The van der Waals surface area contributed by atoms with Gasteiger partial charge in [-0.15, -0.1) is 0 Å². The van der Waals surface area contributed by atoms with Crippen LogP contribution in [0.5, 0.6) is 11.5 Å². The Morgan fingerprint density at radius 3 is 2.33 bits per heavy atom. The Balaban J connectivity index is 2.24. The fraction of sp³-hybridized carbons (Fsp3) is 0.238. The van der Waals surface area contributed by atoms with Crippen LogP contribution in [0.25, 0.3) is 0 Å². The molecule has 0 saturated heterocycles. The van der Waals surface area contributed by atoms with Crippen molar-refractivity contribution in [3.8, 4) is 11.5 Å². The molecule has 0 unspecified atom stereocenters. The van der Waals surface area contributed by atoms with Crippen molar-refractivity contribution in [2.45, 2.75) is 30.6 Å². The highest BCUT2D eigenvalue weighted by molar-refractivity contribution is 7.99. The van der Waals surface area contributed by atoms with Gasteiger partial charge in [0.1, 0.15) is 23.8 Å². The molecule has 0 atom stereocenters. The molecule has 158 valence electrons. The van der Waals surface area contributed by atoms with Gasteiger partial charge in [0.2, 0.25) is 5.78 Å². The normalized spacial score (nSPS) is 11.0. The maximum Gasteiger partial charge on any atom is 0.331 e. The second kappa shape index (κ2) is 11.4.